The van der Waals surface area contributed by atoms with Crippen LogP contribution >= 0.6 is 0 Å². The minimum Gasteiger partial charge on any atom is -0.475 e. The van der Waals surface area contributed by atoms with Gasteiger partial charge in [-0.05, 0) is 18.2 Å². The maximum Gasteiger partial charge on any atom is 0.337 e. The molecule has 19 heavy (non-hydrogen) atoms. The number of fused-ring (bicyclic) bond motifs is 1. The molecule has 1 N–H and O–H groups in total. The van der Waals surface area contributed by atoms with Crippen molar-refractivity contribution in [2.75, 3.05) is 12.4 Å². The third-order valence-corrected chi connectivity index (χ3v) is 3.47. The lowest BCUT2D eigenvalue weighted by atomic mass is 9.76. The predicted molar refractivity (Wildman–Crippen MR) is 63.9 cm³/mol. The number of hydrogen-bond donors (Lipinski definition) is 1. The fourth-order valence-corrected chi connectivity index (χ4v) is 2.38. The lowest BCUT2D eigenvalue weighted by molar-refractivity contribution is -0.147. The highest BCUT2D eigenvalue weighted by molar-refractivity contribution is 6.03. The van der Waals surface area contributed by atoms with Crippen LogP contribution in [0.5, 0.6) is 5.75 Å². The largest absolute Gasteiger partial charge is 0.475 e. The Morgan fingerprint density at radius 1 is 1.53 bits per heavy atom. The topological polar surface area (TPSA) is 64.6 Å². The number of rotatable bonds is 1. The van der Waals surface area contributed by atoms with E-state index in [0.29, 0.717) is 17.0 Å². The zero-order chi connectivity index (χ0) is 13.6. The molecule has 6 heteroatoms. The molecule has 1 heterocycles. The number of ether oxygens (including phenoxy) is 2. The van der Waals surface area contributed by atoms with Crippen LogP contribution in [0.4, 0.5) is 10.1 Å². The van der Waals surface area contributed by atoms with Gasteiger partial charge in [-0.1, -0.05) is 0 Å². The van der Waals surface area contributed by atoms with Crippen molar-refractivity contribution in [3.05, 3.63) is 23.8 Å². The summed E-state index contributed by atoms with van der Waals surface area (Å²) in [6.45, 7) is 0. The summed E-state index contributed by atoms with van der Waals surface area (Å²) in [6, 6.07) is 4.60. The minimum absolute atomic E-state index is 0.0665. The fraction of sp³-hybridized carbons (Fsp3) is 0.385. The average Bonchev–Trinajstić information content (AvgIpc) is 2.36. The second-order valence-electron chi connectivity index (χ2n) is 4.76. The summed E-state index contributed by atoms with van der Waals surface area (Å²) in [5, 5.41) is 2.65. The molecule has 0 bridgehead atoms. The van der Waals surface area contributed by atoms with Crippen molar-refractivity contribution in [3.8, 4) is 5.75 Å². The highest BCUT2D eigenvalue weighted by Gasteiger charge is 2.55. The summed E-state index contributed by atoms with van der Waals surface area (Å²) in [5.74, 6) is -0.417. The second-order valence-corrected chi connectivity index (χ2v) is 4.76. The number of benzene rings is 1. The van der Waals surface area contributed by atoms with E-state index in [0.717, 1.165) is 0 Å². The van der Waals surface area contributed by atoms with E-state index in [-0.39, 0.29) is 18.7 Å². The quantitative estimate of drug-likeness (QED) is 0.784. The van der Waals surface area contributed by atoms with Crippen LogP contribution in [0, 0.1) is 0 Å². The molecule has 1 fully saturated rings. The lowest BCUT2D eigenvalue weighted by Crippen LogP contribution is -2.60. The van der Waals surface area contributed by atoms with Gasteiger partial charge < -0.3 is 14.8 Å². The normalized spacial score (nSPS) is 27.9. The molecule has 1 aromatic rings. The van der Waals surface area contributed by atoms with E-state index < -0.39 is 17.7 Å². The first-order chi connectivity index (χ1) is 9.04. The van der Waals surface area contributed by atoms with E-state index in [4.69, 9.17) is 4.74 Å². The third-order valence-electron chi connectivity index (χ3n) is 3.47. The standard InChI is InChI=1S/C13H12FNO4/c1-18-11(16)7-2-3-10-9(4-7)15-12(17)13(19-10)5-8(14)6-13/h2-4,8H,5-6H2,1H3,(H,15,17). The van der Waals surface area contributed by atoms with Crippen LogP contribution in [0.3, 0.4) is 0 Å². The van der Waals surface area contributed by atoms with Gasteiger partial charge in [0.1, 0.15) is 11.9 Å². The van der Waals surface area contributed by atoms with Crippen molar-refractivity contribution in [2.45, 2.75) is 24.6 Å². The number of nitrogens with one attached hydrogen (secondary N) is 1. The zero-order valence-corrected chi connectivity index (χ0v) is 10.2. The van der Waals surface area contributed by atoms with Gasteiger partial charge in [0.05, 0.1) is 18.4 Å². The maximum atomic E-state index is 13.0. The van der Waals surface area contributed by atoms with Gasteiger partial charge in [0.25, 0.3) is 5.91 Å². The van der Waals surface area contributed by atoms with E-state index >= 15 is 0 Å². The van der Waals surface area contributed by atoms with Crippen LogP contribution in [0.25, 0.3) is 0 Å². The molecule has 2 aliphatic rings. The van der Waals surface area contributed by atoms with Gasteiger partial charge in [-0.3, -0.25) is 4.79 Å². The van der Waals surface area contributed by atoms with Gasteiger partial charge in [-0.25, -0.2) is 9.18 Å². The molecule has 1 aliphatic heterocycles. The van der Waals surface area contributed by atoms with Gasteiger partial charge in [0.15, 0.2) is 5.60 Å². The Bertz CT molecular complexity index is 566. The van der Waals surface area contributed by atoms with Crippen molar-refractivity contribution in [1.82, 2.24) is 0 Å². The van der Waals surface area contributed by atoms with E-state index in [1.807, 2.05) is 0 Å². The molecule has 5 nitrogen and oxygen atoms in total. The van der Waals surface area contributed by atoms with Crippen molar-refractivity contribution >= 4 is 17.6 Å². The summed E-state index contributed by atoms with van der Waals surface area (Å²) in [7, 11) is 1.28. The van der Waals surface area contributed by atoms with Crippen molar-refractivity contribution in [1.29, 1.82) is 0 Å². The van der Waals surface area contributed by atoms with Crippen LogP contribution in [-0.4, -0.2) is 30.8 Å². The molecular weight excluding hydrogens is 253 g/mol. The summed E-state index contributed by atoms with van der Waals surface area (Å²) in [6.07, 6.45) is -0.865. The molecule has 1 spiro atoms. The third kappa shape index (κ3) is 1.75. The zero-order valence-electron chi connectivity index (χ0n) is 10.2. The van der Waals surface area contributed by atoms with Gasteiger partial charge in [-0.2, -0.15) is 0 Å². The fourth-order valence-electron chi connectivity index (χ4n) is 2.38. The van der Waals surface area contributed by atoms with Gasteiger partial charge in [0.2, 0.25) is 0 Å². The molecule has 1 aromatic carbocycles. The molecule has 0 radical (unpaired) electrons. The Morgan fingerprint density at radius 3 is 2.89 bits per heavy atom. The number of carbonyl (C=O) groups is 2. The second kappa shape index (κ2) is 3.94. The van der Waals surface area contributed by atoms with Crippen LogP contribution in [0.2, 0.25) is 0 Å². The van der Waals surface area contributed by atoms with Crippen molar-refractivity contribution in [2.24, 2.45) is 0 Å². The summed E-state index contributed by atoms with van der Waals surface area (Å²) in [5.41, 5.74) is -0.363. The molecule has 1 amide bonds. The first kappa shape index (κ1) is 12.0. The number of esters is 1. The minimum atomic E-state index is -1.08. The molecule has 0 atom stereocenters. The first-order valence-corrected chi connectivity index (χ1v) is 5.91. The van der Waals surface area contributed by atoms with Gasteiger partial charge in [0, 0.05) is 12.8 Å². The summed E-state index contributed by atoms with van der Waals surface area (Å²) in [4.78, 5) is 23.3. The predicted octanol–water partition coefficient (Wildman–Crippen LogP) is 1.67. The SMILES string of the molecule is COC(=O)c1ccc2c(c1)NC(=O)C1(CC(F)C1)O2. The van der Waals surface area contributed by atoms with Crippen LogP contribution in [0.1, 0.15) is 23.2 Å². The molecule has 0 unspecified atom stereocenters. The number of amides is 1. The molecular formula is C13H12FNO4. The Balaban J connectivity index is 1.91. The molecule has 3 rings (SSSR count). The van der Waals surface area contributed by atoms with Gasteiger partial charge in [-0.15, -0.1) is 0 Å². The van der Waals surface area contributed by atoms with E-state index in [9.17, 15) is 14.0 Å². The van der Waals surface area contributed by atoms with Gasteiger partial charge >= 0.3 is 5.97 Å². The van der Waals surface area contributed by atoms with E-state index in [1.54, 1.807) is 12.1 Å². The Hall–Kier alpha value is -2.11. The maximum absolute atomic E-state index is 13.0. The number of methoxy groups -OCH3 is 1. The smallest absolute Gasteiger partial charge is 0.337 e. The lowest BCUT2D eigenvalue weighted by Gasteiger charge is -2.45. The van der Waals surface area contributed by atoms with E-state index in [2.05, 4.69) is 10.1 Å². The number of alkyl halides is 1. The Morgan fingerprint density at radius 2 is 2.26 bits per heavy atom. The molecule has 1 aliphatic carbocycles. The number of halogens is 1. The summed E-state index contributed by atoms with van der Waals surface area (Å²) < 4.78 is 23.2. The number of anilines is 1. The Kier molecular flexibility index (Phi) is 2.48. The van der Waals surface area contributed by atoms with Crippen LogP contribution in [-0.2, 0) is 9.53 Å². The van der Waals surface area contributed by atoms with Crippen LogP contribution < -0.4 is 10.1 Å². The first-order valence-electron chi connectivity index (χ1n) is 5.91. The van der Waals surface area contributed by atoms with E-state index in [1.165, 1.54) is 13.2 Å². The molecule has 0 saturated heterocycles. The van der Waals surface area contributed by atoms with Crippen molar-refractivity contribution < 1.29 is 23.5 Å². The monoisotopic (exact) mass is 265 g/mol. The highest BCUT2D eigenvalue weighted by Crippen LogP contribution is 2.45. The average molecular weight is 265 g/mol. The molecule has 1 saturated carbocycles. The molecule has 0 aromatic heterocycles. The van der Waals surface area contributed by atoms with Crippen molar-refractivity contribution in [3.63, 3.8) is 0 Å². The summed E-state index contributed by atoms with van der Waals surface area (Å²) >= 11 is 0. The highest BCUT2D eigenvalue weighted by atomic mass is 19.1. The number of carbonyl (C=O) groups excluding carboxylic acids is 2. The Labute approximate surface area is 108 Å². The van der Waals surface area contributed by atoms with Crippen LogP contribution in [0.15, 0.2) is 18.2 Å². The number of hydrogen-bond acceptors (Lipinski definition) is 4. The molecule has 100 valence electrons.